The second-order valence-electron chi connectivity index (χ2n) is 4.82. The average Bonchev–Trinajstić information content (AvgIpc) is 2.69. The van der Waals surface area contributed by atoms with Crippen LogP contribution in [0.5, 0.6) is 5.75 Å². The zero-order valence-corrected chi connectivity index (χ0v) is 9.87. The number of nitrogens with one attached hydrogen (secondary N) is 1. The highest BCUT2D eigenvalue weighted by Crippen LogP contribution is 2.26. The molecule has 4 nitrogen and oxygen atoms in total. The molecule has 0 aliphatic carbocycles. The SMILES string of the molecule is CC(C)(C)C(=O)Oc1cnc2[nH]ccc2c1F. The number of H-pyrrole nitrogens is 1. The summed E-state index contributed by atoms with van der Waals surface area (Å²) in [6.45, 7) is 5.11. The number of carbonyl (C=O) groups excluding carboxylic acids is 1. The normalized spacial score (nSPS) is 11.8. The summed E-state index contributed by atoms with van der Waals surface area (Å²) >= 11 is 0. The third-order valence-corrected chi connectivity index (χ3v) is 2.30. The molecule has 2 aromatic heterocycles. The number of hydrogen-bond donors (Lipinski definition) is 1. The predicted molar refractivity (Wildman–Crippen MR) is 61.1 cm³/mol. The third-order valence-electron chi connectivity index (χ3n) is 2.30. The van der Waals surface area contributed by atoms with Crippen molar-refractivity contribution in [1.82, 2.24) is 9.97 Å². The van der Waals surface area contributed by atoms with Crippen molar-refractivity contribution in [2.24, 2.45) is 5.41 Å². The molecular formula is C12H13FN2O2. The maximum Gasteiger partial charge on any atom is 0.316 e. The van der Waals surface area contributed by atoms with Crippen molar-refractivity contribution < 1.29 is 13.9 Å². The van der Waals surface area contributed by atoms with E-state index in [-0.39, 0.29) is 5.75 Å². The Balaban J connectivity index is 2.37. The molecule has 2 heterocycles. The highest BCUT2D eigenvalue weighted by atomic mass is 19.1. The second-order valence-corrected chi connectivity index (χ2v) is 4.82. The number of carbonyl (C=O) groups is 1. The largest absolute Gasteiger partial charge is 0.421 e. The minimum absolute atomic E-state index is 0.142. The standard InChI is InChI=1S/C12H13FN2O2/c1-12(2,3)11(16)17-8-6-15-10-7(9(8)13)4-5-14-10/h4-6H,1-3H3,(H,14,15). The van der Waals surface area contributed by atoms with E-state index < -0.39 is 17.2 Å². The summed E-state index contributed by atoms with van der Waals surface area (Å²) in [6, 6.07) is 1.55. The van der Waals surface area contributed by atoms with Gasteiger partial charge in [0, 0.05) is 6.20 Å². The van der Waals surface area contributed by atoms with Crippen LogP contribution >= 0.6 is 0 Å². The van der Waals surface area contributed by atoms with Crippen molar-refractivity contribution in [1.29, 1.82) is 0 Å². The van der Waals surface area contributed by atoms with E-state index in [1.54, 1.807) is 33.0 Å². The van der Waals surface area contributed by atoms with E-state index in [2.05, 4.69) is 9.97 Å². The first kappa shape index (κ1) is 11.6. The van der Waals surface area contributed by atoms with Gasteiger partial charge in [-0.2, -0.15) is 0 Å². The number of ether oxygens (including phenoxy) is 1. The van der Waals surface area contributed by atoms with Gasteiger partial charge in [-0.3, -0.25) is 4.79 Å². The lowest BCUT2D eigenvalue weighted by Crippen LogP contribution is -2.26. The first-order valence-electron chi connectivity index (χ1n) is 5.23. The average molecular weight is 236 g/mol. The number of fused-ring (bicyclic) bond motifs is 1. The molecule has 0 bridgehead atoms. The van der Waals surface area contributed by atoms with E-state index in [1.807, 2.05) is 0 Å². The summed E-state index contributed by atoms with van der Waals surface area (Å²) in [6.07, 6.45) is 2.79. The maximum absolute atomic E-state index is 13.9. The van der Waals surface area contributed by atoms with Crippen LogP contribution in [0.15, 0.2) is 18.5 Å². The molecule has 2 aromatic rings. The molecule has 0 aromatic carbocycles. The Morgan fingerprint density at radius 2 is 2.18 bits per heavy atom. The van der Waals surface area contributed by atoms with Crippen LogP contribution in [0.2, 0.25) is 0 Å². The van der Waals surface area contributed by atoms with Gasteiger partial charge in [0.25, 0.3) is 0 Å². The van der Waals surface area contributed by atoms with Gasteiger partial charge < -0.3 is 9.72 Å². The fourth-order valence-electron chi connectivity index (χ4n) is 1.28. The third kappa shape index (κ3) is 2.13. The molecule has 0 saturated heterocycles. The topological polar surface area (TPSA) is 55.0 Å². The number of aromatic amines is 1. The predicted octanol–water partition coefficient (Wildman–Crippen LogP) is 2.65. The Labute approximate surface area is 97.8 Å². The first-order chi connectivity index (χ1) is 7.89. The molecule has 5 heteroatoms. The van der Waals surface area contributed by atoms with Gasteiger partial charge in [0.05, 0.1) is 17.0 Å². The Morgan fingerprint density at radius 1 is 1.47 bits per heavy atom. The Bertz CT molecular complexity index is 569. The van der Waals surface area contributed by atoms with Gasteiger partial charge in [-0.05, 0) is 26.8 Å². The molecule has 0 amide bonds. The second kappa shape index (κ2) is 3.84. The number of pyridine rings is 1. The Morgan fingerprint density at radius 3 is 2.82 bits per heavy atom. The number of halogens is 1. The van der Waals surface area contributed by atoms with Crippen LogP contribution in [0.25, 0.3) is 11.0 Å². The van der Waals surface area contributed by atoms with Crippen molar-refractivity contribution in [3.63, 3.8) is 0 Å². The van der Waals surface area contributed by atoms with Crippen LogP contribution in [-0.4, -0.2) is 15.9 Å². The van der Waals surface area contributed by atoms with Gasteiger partial charge in [0.1, 0.15) is 5.65 Å². The maximum atomic E-state index is 13.9. The molecule has 0 atom stereocenters. The monoisotopic (exact) mass is 236 g/mol. The van der Waals surface area contributed by atoms with Crippen molar-refractivity contribution in [3.8, 4) is 5.75 Å². The van der Waals surface area contributed by atoms with Gasteiger partial charge in [0.2, 0.25) is 0 Å². The Hall–Kier alpha value is -1.91. The van der Waals surface area contributed by atoms with E-state index in [0.717, 1.165) is 0 Å². The fourth-order valence-corrected chi connectivity index (χ4v) is 1.28. The smallest absolute Gasteiger partial charge is 0.316 e. The van der Waals surface area contributed by atoms with E-state index in [4.69, 9.17) is 4.74 Å². The Kier molecular flexibility index (Phi) is 2.61. The molecule has 17 heavy (non-hydrogen) atoms. The van der Waals surface area contributed by atoms with Gasteiger partial charge >= 0.3 is 5.97 Å². The zero-order valence-electron chi connectivity index (χ0n) is 9.87. The minimum atomic E-state index is -0.681. The van der Waals surface area contributed by atoms with Crippen molar-refractivity contribution in [3.05, 3.63) is 24.3 Å². The number of rotatable bonds is 1. The number of hydrogen-bond acceptors (Lipinski definition) is 3. The summed E-state index contributed by atoms with van der Waals surface area (Å²) in [4.78, 5) is 18.4. The van der Waals surface area contributed by atoms with Crippen LogP contribution in [0.4, 0.5) is 4.39 Å². The summed E-state index contributed by atoms with van der Waals surface area (Å²) < 4.78 is 18.9. The van der Waals surface area contributed by atoms with Crippen LogP contribution in [-0.2, 0) is 4.79 Å². The molecule has 2 rings (SSSR count). The molecule has 0 fully saturated rings. The highest BCUT2D eigenvalue weighted by molar-refractivity contribution is 5.81. The van der Waals surface area contributed by atoms with E-state index in [9.17, 15) is 9.18 Å². The summed E-state index contributed by atoms with van der Waals surface area (Å²) in [7, 11) is 0. The van der Waals surface area contributed by atoms with Gasteiger partial charge in [0.15, 0.2) is 11.6 Å². The van der Waals surface area contributed by atoms with Gasteiger partial charge in [-0.15, -0.1) is 0 Å². The quantitative estimate of drug-likeness (QED) is 0.774. The molecule has 0 aliphatic rings. The van der Waals surface area contributed by atoms with E-state index in [0.29, 0.717) is 11.0 Å². The molecule has 1 N–H and O–H groups in total. The van der Waals surface area contributed by atoms with Crippen LogP contribution in [0, 0.1) is 11.2 Å². The molecule has 0 radical (unpaired) electrons. The highest BCUT2D eigenvalue weighted by Gasteiger charge is 2.25. The summed E-state index contributed by atoms with van der Waals surface area (Å²) in [5, 5.41) is 0.309. The van der Waals surface area contributed by atoms with E-state index >= 15 is 0 Å². The minimum Gasteiger partial charge on any atom is -0.421 e. The number of nitrogens with zero attached hydrogens (tertiary/aromatic N) is 1. The lowest BCUT2D eigenvalue weighted by atomic mass is 9.97. The van der Waals surface area contributed by atoms with Crippen LogP contribution < -0.4 is 4.74 Å². The van der Waals surface area contributed by atoms with Crippen molar-refractivity contribution >= 4 is 17.0 Å². The molecule has 0 aliphatic heterocycles. The van der Waals surface area contributed by atoms with Crippen molar-refractivity contribution in [2.75, 3.05) is 0 Å². The summed E-state index contributed by atoms with van der Waals surface area (Å²) in [5.74, 6) is -1.21. The molecule has 0 unspecified atom stereocenters. The lowest BCUT2D eigenvalue weighted by molar-refractivity contribution is -0.143. The molecular weight excluding hydrogens is 223 g/mol. The molecule has 0 saturated carbocycles. The van der Waals surface area contributed by atoms with Crippen molar-refractivity contribution in [2.45, 2.75) is 20.8 Å². The summed E-state index contributed by atoms with van der Waals surface area (Å²) in [5.41, 5.74) is -0.252. The van der Waals surface area contributed by atoms with Gasteiger partial charge in [-0.25, -0.2) is 9.37 Å². The number of aromatic nitrogens is 2. The first-order valence-corrected chi connectivity index (χ1v) is 5.23. The fraction of sp³-hybridized carbons (Fsp3) is 0.333. The lowest BCUT2D eigenvalue weighted by Gasteiger charge is -2.16. The van der Waals surface area contributed by atoms with E-state index in [1.165, 1.54) is 6.20 Å². The van der Waals surface area contributed by atoms with Gasteiger partial charge in [-0.1, -0.05) is 0 Å². The molecule has 90 valence electrons. The zero-order chi connectivity index (χ0) is 12.6. The molecule has 0 spiro atoms. The van der Waals surface area contributed by atoms with Crippen LogP contribution in [0.3, 0.4) is 0 Å². The number of esters is 1. The van der Waals surface area contributed by atoms with Crippen LogP contribution in [0.1, 0.15) is 20.8 Å².